The van der Waals surface area contributed by atoms with Crippen LogP contribution in [0, 0.1) is 13.8 Å². The molecule has 35 heavy (non-hydrogen) atoms. The van der Waals surface area contributed by atoms with Gasteiger partial charge in [-0.1, -0.05) is 47.2 Å². The van der Waals surface area contributed by atoms with Crippen molar-refractivity contribution in [3.05, 3.63) is 71.9 Å². The number of hydrogen-bond donors (Lipinski definition) is 0. The number of hydrogen-bond acceptors (Lipinski definition) is 7. The van der Waals surface area contributed by atoms with Crippen molar-refractivity contribution in [2.24, 2.45) is 0 Å². The number of methoxy groups -OCH3 is 1. The highest BCUT2D eigenvalue weighted by Gasteiger charge is 2.39. The SMILES string of the molecule is COc1nc(SC)nc2c1ccn2[C@H]1C[C@H](Oc2ccc(C)cc2)[C@@H](COc2ccc(C)cc2)O1. The monoisotopic (exact) mass is 491 g/mol. The number of aryl methyl sites for hydroxylation is 2. The Morgan fingerprint density at radius 1 is 0.971 bits per heavy atom. The highest BCUT2D eigenvalue weighted by molar-refractivity contribution is 7.98. The Morgan fingerprint density at radius 3 is 2.31 bits per heavy atom. The van der Waals surface area contributed by atoms with Crippen LogP contribution in [0.1, 0.15) is 23.8 Å². The summed E-state index contributed by atoms with van der Waals surface area (Å²) >= 11 is 1.48. The van der Waals surface area contributed by atoms with Crippen molar-refractivity contribution in [3.8, 4) is 17.4 Å². The fourth-order valence-corrected chi connectivity index (χ4v) is 4.57. The minimum absolute atomic E-state index is 0.186. The van der Waals surface area contributed by atoms with Gasteiger partial charge in [0.25, 0.3) is 0 Å². The zero-order valence-electron chi connectivity index (χ0n) is 20.3. The standard InChI is InChI=1S/C27H29N3O4S/c1-17-5-9-19(10-6-17)32-16-23-22(33-20-11-7-18(2)8-12-20)15-24(34-23)30-14-13-21-25(30)28-27(35-4)29-26(21)31-3/h5-14,22-24H,15-16H2,1-4H3/t22-,23+,24+/m0/s1. The van der Waals surface area contributed by atoms with Gasteiger partial charge < -0.3 is 23.5 Å². The summed E-state index contributed by atoms with van der Waals surface area (Å²) in [5, 5.41) is 1.50. The van der Waals surface area contributed by atoms with Crippen molar-refractivity contribution in [2.45, 2.75) is 43.9 Å². The van der Waals surface area contributed by atoms with Gasteiger partial charge in [0.05, 0.1) is 12.5 Å². The molecule has 8 heteroatoms. The van der Waals surface area contributed by atoms with Gasteiger partial charge in [-0.3, -0.25) is 0 Å². The van der Waals surface area contributed by atoms with Crippen molar-refractivity contribution in [1.82, 2.24) is 14.5 Å². The molecule has 1 aliphatic rings. The van der Waals surface area contributed by atoms with E-state index in [0.717, 1.165) is 22.5 Å². The predicted molar refractivity (Wildman–Crippen MR) is 137 cm³/mol. The van der Waals surface area contributed by atoms with Gasteiger partial charge in [0.15, 0.2) is 10.8 Å². The van der Waals surface area contributed by atoms with Crippen LogP contribution in [-0.4, -0.2) is 46.7 Å². The Morgan fingerprint density at radius 2 is 1.66 bits per heavy atom. The zero-order chi connectivity index (χ0) is 24.4. The van der Waals surface area contributed by atoms with Gasteiger partial charge >= 0.3 is 0 Å². The maximum Gasteiger partial charge on any atom is 0.226 e. The average molecular weight is 492 g/mol. The number of nitrogens with zero attached hydrogens (tertiary/aromatic N) is 3. The number of rotatable bonds is 8. The van der Waals surface area contributed by atoms with Crippen LogP contribution in [-0.2, 0) is 4.74 Å². The second-order valence-electron chi connectivity index (χ2n) is 8.64. The molecule has 0 unspecified atom stereocenters. The third-order valence-corrected chi connectivity index (χ3v) is 6.67. The lowest BCUT2D eigenvalue weighted by Gasteiger charge is -2.20. The fourth-order valence-electron chi connectivity index (χ4n) is 4.22. The van der Waals surface area contributed by atoms with E-state index in [1.807, 2.05) is 71.6 Å². The van der Waals surface area contributed by atoms with Crippen LogP contribution in [0.2, 0.25) is 0 Å². The van der Waals surface area contributed by atoms with Crippen molar-refractivity contribution in [1.29, 1.82) is 0 Å². The van der Waals surface area contributed by atoms with E-state index in [9.17, 15) is 0 Å². The van der Waals surface area contributed by atoms with Crippen LogP contribution in [0.3, 0.4) is 0 Å². The molecule has 5 rings (SSSR count). The molecule has 1 saturated heterocycles. The molecule has 3 atom stereocenters. The molecule has 2 aromatic carbocycles. The van der Waals surface area contributed by atoms with Crippen molar-refractivity contribution >= 4 is 22.8 Å². The molecule has 7 nitrogen and oxygen atoms in total. The highest BCUT2D eigenvalue weighted by atomic mass is 32.2. The van der Waals surface area contributed by atoms with Crippen LogP contribution in [0.25, 0.3) is 11.0 Å². The van der Waals surface area contributed by atoms with Crippen molar-refractivity contribution in [3.63, 3.8) is 0 Å². The summed E-state index contributed by atoms with van der Waals surface area (Å²) in [6.07, 6.45) is 3.87. The molecule has 2 aromatic heterocycles. The minimum atomic E-state index is -0.260. The van der Waals surface area contributed by atoms with Crippen molar-refractivity contribution < 1.29 is 18.9 Å². The van der Waals surface area contributed by atoms with Gasteiger partial charge in [0.1, 0.15) is 36.5 Å². The zero-order valence-corrected chi connectivity index (χ0v) is 21.1. The van der Waals surface area contributed by atoms with Gasteiger partial charge in [-0.15, -0.1) is 0 Å². The Labute approximate surface area is 209 Å². The first-order valence-electron chi connectivity index (χ1n) is 11.6. The first-order valence-corrected chi connectivity index (χ1v) is 12.8. The molecule has 0 spiro atoms. The Bertz CT molecular complexity index is 1290. The summed E-state index contributed by atoms with van der Waals surface area (Å²) in [6, 6.07) is 18.1. The van der Waals surface area contributed by atoms with E-state index in [1.54, 1.807) is 7.11 Å². The molecule has 1 fully saturated rings. The fraction of sp³-hybridized carbons (Fsp3) is 0.333. The van der Waals surface area contributed by atoms with E-state index in [2.05, 4.69) is 18.8 Å². The third kappa shape index (κ3) is 5.09. The number of benzene rings is 2. The quantitative estimate of drug-likeness (QED) is 0.235. The van der Waals surface area contributed by atoms with Crippen LogP contribution in [0.15, 0.2) is 66.0 Å². The molecule has 0 N–H and O–H groups in total. The second-order valence-corrected chi connectivity index (χ2v) is 9.41. The van der Waals surface area contributed by atoms with Gasteiger partial charge in [-0.05, 0) is 50.4 Å². The lowest BCUT2D eigenvalue weighted by atomic mass is 10.1. The molecule has 1 aliphatic heterocycles. The molecule has 0 saturated carbocycles. The molecule has 3 heterocycles. The van der Waals surface area contributed by atoms with Crippen LogP contribution in [0.4, 0.5) is 0 Å². The molecule has 0 aliphatic carbocycles. The summed E-state index contributed by atoms with van der Waals surface area (Å²) in [6.45, 7) is 4.50. The summed E-state index contributed by atoms with van der Waals surface area (Å²) < 4.78 is 26.6. The Kier molecular flexibility index (Phi) is 6.83. The average Bonchev–Trinajstić information content (AvgIpc) is 3.48. The van der Waals surface area contributed by atoms with Gasteiger partial charge in [-0.2, -0.15) is 4.98 Å². The first kappa shape index (κ1) is 23.5. The smallest absolute Gasteiger partial charge is 0.226 e. The molecule has 0 bridgehead atoms. The van der Waals surface area contributed by atoms with Crippen LogP contribution in [0.5, 0.6) is 17.4 Å². The summed E-state index contributed by atoms with van der Waals surface area (Å²) in [5.74, 6) is 2.18. The molecule has 182 valence electrons. The molecular weight excluding hydrogens is 462 g/mol. The van der Waals surface area contributed by atoms with Crippen molar-refractivity contribution in [2.75, 3.05) is 20.0 Å². The van der Waals surface area contributed by atoms with Crippen LogP contribution >= 0.6 is 11.8 Å². The number of fused-ring (bicyclic) bond motifs is 1. The van der Waals surface area contributed by atoms with Gasteiger partial charge in [-0.25, -0.2) is 4.98 Å². The van der Waals surface area contributed by atoms with E-state index in [0.29, 0.717) is 24.1 Å². The topological polar surface area (TPSA) is 67.6 Å². The summed E-state index contributed by atoms with van der Waals surface area (Å²) in [4.78, 5) is 9.21. The Hall–Kier alpha value is -3.23. The molecule has 4 aromatic rings. The lowest BCUT2D eigenvalue weighted by Crippen LogP contribution is -2.32. The van der Waals surface area contributed by atoms with E-state index in [1.165, 1.54) is 22.9 Å². The third-order valence-electron chi connectivity index (χ3n) is 6.13. The maximum absolute atomic E-state index is 6.52. The number of aromatic nitrogens is 3. The highest BCUT2D eigenvalue weighted by Crippen LogP contribution is 2.36. The van der Waals surface area contributed by atoms with E-state index < -0.39 is 0 Å². The Balaban J connectivity index is 1.41. The first-order chi connectivity index (χ1) is 17.0. The normalized spacial score (nSPS) is 19.7. The van der Waals surface area contributed by atoms with E-state index in [4.69, 9.17) is 23.9 Å². The summed E-state index contributed by atoms with van der Waals surface area (Å²) in [7, 11) is 1.62. The molecule has 0 amide bonds. The van der Waals surface area contributed by atoms with E-state index >= 15 is 0 Å². The second kappa shape index (κ2) is 10.2. The van der Waals surface area contributed by atoms with Crippen LogP contribution < -0.4 is 14.2 Å². The summed E-state index contributed by atoms with van der Waals surface area (Å²) in [5.41, 5.74) is 3.16. The van der Waals surface area contributed by atoms with Gasteiger partial charge in [0, 0.05) is 12.6 Å². The predicted octanol–water partition coefficient (Wildman–Crippen LogP) is 5.59. The maximum atomic E-state index is 6.52. The largest absolute Gasteiger partial charge is 0.491 e. The number of ether oxygens (including phenoxy) is 4. The van der Waals surface area contributed by atoms with E-state index in [-0.39, 0.29) is 18.4 Å². The molecular formula is C27H29N3O4S. The lowest BCUT2D eigenvalue weighted by molar-refractivity contribution is -0.0340. The minimum Gasteiger partial charge on any atom is -0.491 e. The van der Waals surface area contributed by atoms with Gasteiger partial charge in [0.2, 0.25) is 5.88 Å². The molecule has 0 radical (unpaired) electrons. The number of thioether (sulfide) groups is 1.